The number of rotatable bonds is 14. The molecule has 1 aliphatic rings. The Bertz CT molecular complexity index is 1020. The van der Waals surface area contributed by atoms with Crippen molar-refractivity contribution in [3.63, 3.8) is 0 Å². The summed E-state index contributed by atoms with van der Waals surface area (Å²) in [5.41, 5.74) is 2.43. The highest BCUT2D eigenvalue weighted by Gasteiger charge is 2.49. The maximum absolute atomic E-state index is 12.8. The molecule has 9 heteroatoms. The number of aliphatic hydroxyl groups is 3. The van der Waals surface area contributed by atoms with Crippen LogP contribution in [-0.4, -0.2) is 81.9 Å². The Kier molecular flexibility index (Phi) is 11.8. The summed E-state index contributed by atoms with van der Waals surface area (Å²) in [6.45, 7) is 3.79. The molecule has 0 bridgehead atoms. The SMILES string of the molecule is CCSCCCOC1(C(=O)CC)CC(O)CC(C(O)C(O)CNC(=O)c2ccc(-c3ccccc3)cc2)O1. The topological polar surface area (TPSA) is 125 Å². The number of ketones is 1. The van der Waals surface area contributed by atoms with E-state index in [2.05, 4.69) is 12.2 Å². The second-order valence-electron chi connectivity index (χ2n) is 9.39. The fourth-order valence-electron chi connectivity index (χ4n) is 4.49. The number of thioether (sulfide) groups is 1. The zero-order valence-corrected chi connectivity index (χ0v) is 22.9. The van der Waals surface area contributed by atoms with Gasteiger partial charge in [-0.05, 0) is 41.2 Å². The van der Waals surface area contributed by atoms with E-state index in [9.17, 15) is 24.9 Å². The average Bonchev–Trinajstić information content (AvgIpc) is 2.95. The molecule has 5 atom stereocenters. The minimum atomic E-state index is -1.67. The van der Waals surface area contributed by atoms with Crippen molar-refractivity contribution >= 4 is 23.5 Å². The normalized spacial score (nSPS) is 23.0. The first-order valence-corrected chi connectivity index (χ1v) is 14.4. The molecule has 8 nitrogen and oxygen atoms in total. The number of amides is 1. The van der Waals surface area contributed by atoms with Crippen molar-refractivity contribution in [2.75, 3.05) is 24.7 Å². The van der Waals surface area contributed by atoms with Gasteiger partial charge in [0, 0.05) is 31.4 Å². The summed E-state index contributed by atoms with van der Waals surface area (Å²) in [4.78, 5) is 25.4. The van der Waals surface area contributed by atoms with Gasteiger partial charge in [-0.2, -0.15) is 11.8 Å². The highest BCUT2D eigenvalue weighted by Crippen LogP contribution is 2.34. The van der Waals surface area contributed by atoms with E-state index in [0.717, 1.165) is 22.6 Å². The fourth-order valence-corrected chi connectivity index (χ4v) is 5.10. The molecule has 0 radical (unpaired) electrons. The number of nitrogens with one attached hydrogen (secondary N) is 1. The van der Waals surface area contributed by atoms with Crippen LogP contribution in [0, 0.1) is 0 Å². The van der Waals surface area contributed by atoms with Gasteiger partial charge in [0.25, 0.3) is 5.91 Å². The highest BCUT2D eigenvalue weighted by molar-refractivity contribution is 7.99. The van der Waals surface area contributed by atoms with Crippen LogP contribution in [0.3, 0.4) is 0 Å². The largest absolute Gasteiger partial charge is 0.393 e. The third-order valence-corrected chi connectivity index (χ3v) is 7.56. The van der Waals surface area contributed by atoms with Crippen LogP contribution >= 0.6 is 11.8 Å². The molecule has 38 heavy (non-hydrogen) atoms. The van der Waals surface area contributed by atoms with E-state index in [0.29, 0.717) is 12.0 Å². The molecule has 1 aliphatic heterocycles. The summed E-state index contributed by atoms with van der Waals surface area (Å²) in [5, 5.41) is 34.6. The van der Waals surface area contributed by atoms with E-state index in [1.54, 1.807) is 30.8 Å². The molecular formula is C29H39NO7S. The molecule has 0 spiro atoms. The van der Waals surface area contributed by atoms with Gasteiger partial charge in [-0.25, -0.2) is 0 Å². The quantitative estimate of drug-likeness (QED) is 0.267. The van der Waals surface area contributed by atoms with E-state index in [1.807, 2.05) is 42.5 Å². The van der Waals surface area contributed by atoms with Gasteiger partial charge >= 0.3 is 0 Å². The van der Waals surface area contributed by atoms with E-state index < -0.39 is 36.1 Å². The second kappa shape index (κ2) is 14.8. The van der Waals surface area contributed by atoms with Crippen LogP contribution in [0.1, 0.15) is 49.9 Å². The number of benzene rings is 2. The lowest BCUT2D eigenvalue weighted by atomic mass is 9.90. The summed E-state index contributed by atoms with van der Waals surface area (Å²) < 4.78 is 11.9. The number of Topliss-reactive ketones (excluding diaryl/α,β-unsaturated/α-hetero) is 1. The first-order valence-electron chi connectivity index (χ1n) is 13.2. The van der Waals surface area contributed by atoms with Crippen LogP contribution in [0.4, 0.5) is 0 Å². The Morgan fingerprint density at radius 3 is 2.45 bits per heavy atom. The smallest absolute Gasteiger partial charge is 0.251 e. The van der Waals surface area contributed by atoms with Crippen molar-refractivity contribution in [3.05, 3.63) is 60.2 Å². The summed E-state index contributed by atoms with van der Waals surface area (Å²) in [7, 11) is 0. The molecule has 0 saturated carbocycles. The first-order chi connectivity index (χ1) is 18.3. The minimum Gasteiger partial charge on any atom is -0.393 e. The summed E-state index contributed by atoms with van der Waals surface area (Å²) in [6.07, 6.45) is -3.98. The zero-order chi connectivity index (χ0) is 27.5. The van der Waals surface area contributed by atoms with Gasteiger partial charge < -0.3 is 30.1 Å². The maximum atomic E-state index is 12.8. The predicted octanol–water partition coefficient (Wildman–Crippen LogP) is 3.18. The number of ether oxygens (including phenoxy) is 2. The zero-order valence-electron chi connectivity index (χ0n) is 22.0. The lowest BCUT2D eigenvalue weighted by Crippen LogP contribution is -2.58. The van der Waals surface area contributed by atoms with E-state index >= 15 is 0 Å². The fraction of sp³-hybridized carbons (Fsp3) is 0.517. The molecule has 1 fully saturated rings. The van der Waals surface area contributed by atoms with Crippen molar-refractivity contribution in [1.82, 2.24) is 5.32 Å². The Morgan fingerprint density at radius 2 is 1.79 bits per heavy atom. The molecule has 0 aromatic heterocycles. The van der Waals surface area contributed by atoms with E-state index in [1.165, 1.54) is 0 Å². The molecule has 208 valence electrons. The van der Waals surface area contributed by atoms with Crippen molar-refractivity contribution < 1.29 is 34.4 Å². The van der Waals surface area contributed by atoms with E-state index in [4.69, 9.17) is 9.47 Å². The Morgan fingerprint density at radius 1 is 1.11 bits per heavy atom. The summed E-state index contributed by atoms with van der Waals surface area (Å²) in [6, 6.07) is 16.9. The number of aliphatic hydroxyl groups excluding tert-OH is 3. The van der Waals surface area contributed by atoms with Gasteiger partial charge in [0.15, 0.2) is 5.78 Å². The molecule has 2 aromatic carbocycles. The lowest BCUT2D eigenvalue weighted by molar-refractivity contribution is -0.295. The average molecular weight is 546 g/mol. The molecular weight excluding hydrogens is 506 g/mol. The highest BCUT2D eigenvalue weighted by atomic mass is 32.2. The van der Waals surface area contributed by atoms with Crippen LogP contribution in [0.25, 0.3) is 11.1 Å². The van der Waals surface area contributed by atoms with Crippen molar-refractivity contribution in [3.8, 4) is 11.1 Å². The third-order valence-electron chi connectivity index (χ3n) is 6.57. The van der Waals surface area contributed by atoms with Gasteiger partial charge in [-0.3, -0.25) is 9.59 Å². The van der Waals surface area contributed by atoms with Crippen molar-refractivity contribution in [2.45, 2.75) is 69.7 Å². The molecule has 4 N–H and O–H groups in total. The molecule has 3 rings (SSSR count). The van der Waals surface area contributed by atoms with Crippen LogP contribution < -0.4 is 5.32 Å². The van der Waals surface area contributed by atoms with Gasteiger partial charge in [0.05, 0.1) is 24.9 Å². The second-order valence-corrected chi connectivity index (χ2v) is 10.8. The van der Waals surface area contributed by atoms with Gasteiger partial charge in [0.1, 0.15) is 6.10 Å². The van der Waals surface area contributed by atoms with Crippen molar-refractivity contribution in [2.24, 2.45) is 0 Å². The van der Waals surface area contributed by atoms with Gasteiger partial charge in [-0.1, -0.05) is 56.3 Å². The Labute approximate surface area is 228 Å². The molecule has 1 saturated heterocycles. The van der Waals surface area contributed by atoms with Crippen molar-refractivity contribution in [1.29, 1.82) is 0 Å². The molecule has 1 heterocycles. The number of hydrogen-bond donors (Lipinski definition) is 4. The predicted molar refractivity (Wildman–Crippen MR) is 148 cm³/mol. The Balaban J connectivity index is 1.58. The number of carbonyl (C=O) groups excluding carboxylic acids is 2. The Hall–Kier alpha value is -2.27. The lowest BCUT2D eigenvalue weighted by Gasteiger charge is -2.43. The molecule has 2 aromatic rings. The maximum Gasteiger partial charge on any atom is 0.251 e. The van der Waals surface area contributed by atoms with Crippen LogP contribution in [0.2, 0.25) is 0 Å². The number of carbonyl (C=O) groups is 2. The summed E-state index contributed by atoms with van der Waals surface area (Å²) >= 11 is 1.76. The molecule has 0 aliphatic carbocycles. The first kappa shape index (κ1) is 30.3. The van der Waals surface area contributed by atoms with Crippen LogP contribution in [0.15, 0.2) is 54.6 Å². The number of hydrogen-bond acceptors (Lipinski definition) is 8. The summed E-state index contributed by atoms with van der Waals surface area (Å²) in [5.74, 6) is -0.536. The minimum absolute atomic E-state index is 0.0287. The third kappa shape index (κ3) is 8.11. The molecule has 5 unspecified atom stereocenters. The van der Waals surface area contributed by atoms with Crippen LogP contribution in [-0.2, 0) is 14.3 Å². The van der Waals surface area contributed by atoms with Crippen LogP contribution in [0.5, 0.6) is 0 Å². The van der Waals surface area contributed by atoms with Gasteiger partial charge in [0.2, 0.25) is 5.79 Å². The molecule has 1 amide bonds. The van der Waals surface area contributed by atoms with Gasteiger partial charge in [-0.15, -0.1) is 0 Å². The standard InChI is InChI=1S/C29H39NO7S/c1-3-26(33)29(36-15-8-16-38-4-2)18-23(31)17-25(37-29)27(34)24(32)19-30-28(35)22-13-11-21(12-14-22)20-9-6-5-7-10-20/h5-7,9-14,23-25,27,31-32,34H,3-4,8,15-19H2,1-2H3,(H,30,35). The monoisotopic (exact) mass is 545 g/mol. The van der Waals surface area contributed by atoms with E-state index in [-0.39, 0.29) is 38.2 Å².